The number of hydrogen-bond acceptors (Lipinski definition) is 4. The molecular weight excluding hydrogens is 430 g/mol. The van der Waals surface area contributed by atoms with Crippen LogP contribution in [0.25, 0.3) is 0 Å². The molecule has 0 bridgehead atoms. The van der Waals surface area contributed by atoms with Crippen LogP contribution in [0.15, 0.2) is 30.3 Å². The number of nitrogens with one attached hydrogen (secondary N) is 2. The Labute approximate surface area is 194 Å². The van der Waals surface area contributed by atoms with Gasteiger partial charge in [-0.3, -0.25) is 14.4 Å². The van der Waals surface area contributed by atoms with Crippen molar-refractivity contribution >= 4 is 17.7 Å². The SMILES string of the molecule is CNCC(=O)NC(C(=O)N1CCCC1CN(CCc1ccccc1)C(=O)C(F)F)C(C)(C)C. The molecule has 1 fully saturated rings. The third-order valence-corrected chi connectivity index (χ3v) is 5.86. The number of carbonyl (C=O) groups excluding carboxylic acids is 3. The van der Waals surface area contributed by atoms with Gasteiger partial charge < -0.3 is 20.4 Å². The average molecular weight is 467 g/mol. The Kier molecular flexibility index (Phi) is 9.76. The van der Waals surface area contributed by atoms with E-state index in [0.29, 0.717) is 25.8 Å². The summed E-state index contributed by atoms with van der Waals surface area (Å²) in [5, 5.41) is 5.57. The molecule has 1 saturated heterocycles. The van der Waals surface area contributed by atoms with Crippen LogP contribution in [0.3, 0.4) is 0 Å². The maximum Gasteiger partial charge on any atom is 0.315 e. The smallest absolute Gasteiger partial charge is 0.315 e. The number of hydrogen-bond donors (Lipinski definition) is 2. The molecule has 0 saturated carbocycles. The van der Waals surface area contributed by atoms with Gasteiger partial charge in [-0.05, 0) is 37.3 Å². The van der Waals surface area contributed by atoms with Crippen molar-refractivity contribution in [2.45, 2.75) is 58.5 Å². The molecule has 2 atom stereocenters. The summed E-state index contributed by atoms with van der Waals surface area (Å²) in [5.74, 6) is -1.76. The molecule has 3 amide bonds. The number of benzene rings is 1. The van der Waals surface area contributed by atoms with Gasteiger partial charge in [0, 0.05) is 25.7 Å². The lowest BCUT2D eigenvalue weighted by Gasteiger charge is -2.37. The van der Waals surface area contributed by atoms with Crippen LogP contribution in [0, 0.1) is 5.41 Å². The Hall–Kier alpha value is -2.55. The van der Waals surface area contributed by atoms with Crippen molar-refractivity contribution in [3.05, 3.63) is 35.9 Å². The molecule has 2 unspecified atom stereocenters. The lowest BCUT2D eigenvalue weighted by Crippen LogP contribution is -2.58. The van der Waals surface area contributed by atoms with E-state index in [1.54, 1.807) is 11.9 Å². The Morgan fingerprint density at radius 2 is 1.85 bits per heavy atom. The zero-order valence-corrected chi connectivity index (χ0v) is 19.9. The zero-order valence-electron chi connectivity index (χ0n) is 19.9. The molecule has 0 radical (unpaired) electrons. The minimum atomic E-state index is -3.10. The van der Waals surface area contributed by atoms with E-state index < -0.39 is 23.8 Å². The predicted octanol–water partition coefficient (Wildman–Crippen LogP) is 2.06. The molecule has 1 aliphatic heterocycles. The molecule has 184 valence electrons. The van der Waals surface area contributed by atoms with Crippen molar-refractivity contribution in [3.8, 4) is 0 Å². The lowest BCUT2D eigenvalue weighted by molar-refractivity contribution is -0.146. The molecule has 1 heterocycles. The summed E-state index contributed by atoms with van der Waals surface area (Å²) >= 11 is 0. The van der Waals surface area contributed by atoms with E-state index in [-0.39, 0.29) is 37.5 Å². The van der Waals surface area contributed by atoms with E-state index in [1.807, 2.05) is 51.1 Å². The second-order valence-electron chi connectivity index (χ2n) is 9.55. The minimum absolute atomic E-state index is 0.0447. The highest BCUT2D eigenvalue weighted by molar-refractivity contribution is 5.89. The second-order valence-corrected chi connectivity index (χ2v) is 9.55. The first-order chi connectivity index (χ1) is 15.5. The number of nitrogens with zero attached hydrogens (tertiary/aromatic N) is 2. The molecule has 7 nitrogen and oxygen atoms in total. The number of halogens is 2. The summed E-state index contributed by atoms with van der Waals surface area (Å²) < 4.78 is 26.6. The van der Waals surface area contributed by atoms with Gasteiger partial charge in [0.15, 0.2) is 0 Å². The molecule has 1 aromatic rings. The average Bonchev–Trinajstić information content (AvgIpc) is 3.22. The fraction of sp³-hybridized carbons (Fsp3) is 0.625. The van der Waals surface area contributed by atoms with Gasteiger partial charge in [-0.2, -0.15) is 8.78 Å². The fourth-order valence-corrected chi connectivity index (χ4v) is 4.10. The van der Waals surface area contributed by atoms with E-state index >= 15 is 0 Å². The maximum absolute atomic E-state index is 13.4. The molecule has 2 rings (SSSR count). The Bertz CT molecular complexity index is 799. The van der Waals surface area contributed by atoms with Crippen molar-refractivity contribution in [2.24, 2.45) is 5.41 Å². The third-order valence-electron chi connectivity index (χ3n) is 5.86. The van der Waals surface area contributed by atoms with Crippen LogP contribution in [0.4, 0.5) is 8.78 Å². The fourth-order valence-electron chi connectivity index (χ4n) is 4.10. The Balaban J connectivity index is 2.15. The van der Waals surface area contributed by atoms with Gasteiger partial charge in [0.2, 0.25) is 11.8 Å². The highest BCUT2D eigenvalue weighted by atomic mass is 19.3. The van der Waals surface area contributed by atoms with Crippen molar-refractivity contribution in [3.63, 3.8) is 0 Å². The van der Waals surface area contributed by atoms with Crippen molar-refractivity contribution in [1.29, 1.82) is 0 Å². The standard InChI is InChI=1S/C24H36F2N4O3/c1-24(2,3)20(28-19(31)15-27-4)22(32)30-13-8-11-18(30)16-29(23(33)21(25)26)14-12-17-9-6-5-7-10-17/h5-7,9-10,18,20-21,27H,8,11-16H2,1-4H3,(H,28,31). The van der Waals surface area contributed by atoms with Crippen LogP contribution in [0.1, 0.15) is 39.2 Å². The molecule has 0 spiro atoms. The van der Waals surface area contributed by atoms with Gasteiger partial charge in [0.1, 0.15) is 6.04 Å². The van der Waals surface area contributed by atoms with E-state index in [1.165, 1.54) is 4.90 Å². The van der Waals surface area contributed by atoms with Gasteiger partial charge in [-0.15, -0.1) is 0 Å². The van der Waals surface area contributed by atoms with Gasteiger partial charge in [-0.25, -0.2) is 0 Å². The number of likely N-dealkylation sites (N-methyl/N-ethyl adjacent to an activating group) is 1. The summed E-state index contributed by atoms with van der Waals surface area (Å²) in [7, 11) is 1.65. The normalized spacial score (nSPS) is 17.2. The first-order valence-electron chi connectivity index (χ1n) is 11.4. The summed E-state index contributed by atoms with van der Waals surface area (Å²) in [6, 6.07) is 8.23. The molecule has 2 N–H and O–H groups in total. The summed E-state index contributed by atoms with van der Waals surface area (Å²) in [6.07, 6.45) is -1.32. The number of rotatable bonds is 10. The lowest BCUT2D eigenvalue weighted by atomic mass is 9.85. The monoisotopic (exact) mass is 466 g/mol. The van der Waals surface area contributed by atoms with E-state index in [9.17, 15) is 23.2 Å². The molecule has 1 aromatic carbocycles. The zero-order chi connectivity index (χ0) is 24.6. The maximum atomic E-state index is 13.4. The highest BCUT2D eigenvalue weighted by Gasteiger charge is 2.40. The molecule has 9 heteroatoms. The highest BCUT2D eigenvalue weighted by Crippen LogP contribution is 2.26. The Morgan fingerprint density at radius 1 is 1.18 bits per heavy atom. The summed E-state index contributed by atoms with van der Waals surface area (Å²) in [5.41, 5.74) is 0.406. The molecular formula is C24H36F2N4O3. The number of alkyl halides is 2. The predicted molar refractivity (Wildman–Crippen MR) is 123 cm³/mol. The van der Waals surface area contributed by atoms with E-state index in [4.69, 9.17) is 0 Å². The van der Waals surface area contributed by atoms with Crippen molar-refractivity contribution < 1.29 is 23.2 Å². The quantitative estimate of drug-likeness (QED) is 0.553. The third kappa shape index (κ3) is 7.77. The molecule has 0 aromatic heterocycles. The van der Waals surface area contributed by atoms with Crippen LogP contribution in [-0.2, 0) is 20.8 Å². The number of likely N-dealkylation sites (tertiary alicyclic amines) is 1. The topological polar surface area (TPSA) is 81.8 Å². The van der Waals surface area contributed by atoms with Gasteiger partial charge >= 0.3 is 6.43 Å². The largest absolute Gasteiger partial charge is 0.343 e. The molecule has 0 aliphatic carbocycles. The van der Waals surface area contributed by atoms with Gasteiger partial charge in [-0.1, -0.05) is 51.1 Å². The van der Waals surface area contributed by atoms with Crippen LogP contribution >= 0.6 is 0 Å². The van der Waals surface area contributed by atoms with Gasteiger partial charge in [0.05, 0.1) is 6.54 Å². The first kappa shape index (κ1) is 26.7. The van der Waals surface area contributed by atoms with Crippen LogP contribution in [-0.4, -0.2) is 79.3 Å². The van der Waals surface area contributed by atoms with Crippen LogP contribution < -0.4 is 10.6 Å². The van der Waals surface area contributed by atoms with E-state index in [0.717, 1.165) is 5.56 Å². The molecule has 33 heavy (non-hydrogen) atoms. The first-order valence-corrected chi connectivity index (χ1v) is 11.4. The summed E-state index contributed by atoms with van der Waals surface area (Å²) in [4.78, 5) is 40.7. The second kappa shape index (κ2) is 12.1. The van der Waals surface area contributed by atoms with Crippen molar-refractivity contribution in [2.75, 3.05) is 33.2 Å². The van der Waals surface area contributed by atoms with Crippen LogP contribution in [0.2, 0.25) is 0 Å². The molecule has 1 aliphatic rings. The van der Waals surface area contributed by atoms with Crippen molar-refractivity contribution in [1.82, 2.24) is 20.4 Å². The number of carbonyl (C=O) groups is 3. The Morgan fingerprint density at radius 3 is 2.42 bits per heavy atom. The van der Waals surface area contributed by atoms with E-state index in [2.05, 4.69) is 10.6 Å². The number of amides is 3. The van der Waals surface area contributed by atoms with Gasteiger partial charge in [0.25, 0.3) is 5.91 Å². The minimum Gasteiger partial charge on any atom is -0.343 e. The summed E-state index contributed by atoms with van der Waals surface area (Å²) in [6.45, 7) is 6.34. The van der Waals surface area contributed by atoms with Crippen LogP contribution in [0.5, 0.6) is 0 Å².